The fourth-order valence-electron chi connectivity index (χ4n) is 3.42. The molecule has 3 aromatic heterocycles. The molecule has 0 atom stereocenters. The van der Waals surface area contributed by atoms with Crippen molar-refractivity contribution >= 4 is 50.2 Å². The van der Waals surface area contributed by atoms with E-state index in [9.17, 15) is 18.0 Å². The highest BCUT2D eigenvalue weighted by molar-refractivity contribution is 7.22. The topological polar surface area (TPSA) is 104 Å². The summed E-state index contributed by atoms with van der Waals surface area (Å²) in [5, 5.41) is 7.81. The van der Waals surface area contributed by atoms with Crippen molar-refractivity contribution in [1.29, 1.82) is 0 Å². The van der Waals surface area contributed by atoms with Gasteiger partial charge < -0.3 is 15.0 Å². The molecule has 0 fully saturated rings. The van der Waals surface area contributed by atoms with E-state index in [1.807, 2.05) is 62.6 Å². The molecule has 13 heteroatoms. The molecule has 0 unspecified atom stereocenters. The van der Waals surface area contributed by atoms with Crippen LogP contribution >= 0.6 is 22.9 Å². The van der Waals surface area contributed by atoms with E-state index < -0.39 is 12.1 Å². The lowest BCUT2D eigenvalue weighted by Crippen LogP contribution is -2.21. The van der Waals surface area contributed by atoms with Crippen molar-refractivity contribution < 1.29 is 23.1 Å². The molecule has 0 saturated carbocycles. The average molecular weight is 550 g/mol. The van der Waals surface area contributed by atoms with Gasteiger partial charge >= 0.3 is 12.1 Å². The van der Waals surface area contributed by atoms with Gasteiger partial charge in [0.2, 0.25) is 0 Å². The first-order valence-corrected chi connectivity index (χ1v) is 11.8. The number of alkyl halides is 3. The van der Waals surface area contributed by atoms with Crippen LogP contribution in [-0.4, -0.2) is 55.8 Å². The summed E-state index contributed by atoms with van der Waals surface area (Å²) in [6.07, 6.45) is -3.50. The molecule has 0 amide bonds. The molecule has 37 heavy (non-hydrogen) atoms. The molecule has 5 rings (SSSR count). The number of aromatic amines is 1. The average Bonchev–Trinajstić information content (AvgIpc) is 3.43. The Morgan fingerprint density at radius 2 is 1.81 bits per heavy atom. The molecule has 0 aliphatic heterocycles. The normalized spacial score (nSPS) is 11.6. The van der Waals surface area contributed by atoms with Crippen LogP contribution in [-0.2, 0) is 11.3 Å². The van der Waals surface area contributed by atoms with Crippen LogP contribution in [0.3, 0.4) is 0 Å². The number of thiophene rings is 1. The Balaban J connectivity index is 0.000000405. The maximum atomic E-state index is 13.2. The van der Waals surface area contributed by atoms with E-state index in [-0.39, 0.29) is 5.56 Å². The Labute approximate surface area is 216 Å². The summed E-state index contributed by atoms with van der Waals surface area (Å²) < 4.78 is 33.9. The number of nitrogens with one attached hydrogen (secondary N) is 1. The first-order chi connectivity index (χ1) is 17.4. The van der Waals surface area contributed by atoms with Crippen LogP contribution in [0, 0.1) is 0 Å². The monoisotopic (exact) mass is 549 g/mol. The van der Waals surface area contributed by atoms with Gasteiger partial charge in [-0.25, -0.2) is 14.8 Å². The highest BCUT2D eigenvalue weighted by atomic mass is 35.5. The van der Waals surface area contributed by atoms with E-state index in [1.54, 1.807) is 10.9 Å². The Bertz CT molecular complexity index is 1640. The fraction of sp³-hybridized carbons (Fsp3) is 0.167. The third-order valence-corrected chi connectivity index (χ3v) is 6.48. The number of benzene rings is 2. The van der Waals surface area contributed by atoms with Gasteiger partial charge in [0.05, 0.1) is 28.8 Å². The summed E-state index contributed by atoms with van der Waals surface area (Å²) in [5.74, 6) is -1.87. The minimum Gasteiger partial charge on any atom is -0.475 e. The minimum absolute atomic E-state index is 0.0892. The van der Waals surface area contributed by atoms with Gasteiger partial charge in [-0.15, -0.1) is 11.3 Å². The highest BCUT2D eigenvalue weighted by Gasteiger charge is 2.38. The van der Waals surface area contributed by atoms with Gasteiger partial charge in [0, 0.05) is 9.90 Å². The van der Waals surface area contributed by atoms with E-state index in [0.29, 0.717) is 15.2 Å². The van der Waals surface area contributed by atoms with E-state index in [4.69, 9.17) is 21.5 Å². The van der Waals surface area contributed by atoms with Crippen LogP contribution in [0.4, 0.5) is 13.2 Å². The number of nitrogens with zero attached hydrogens (tertiary/aromatic N) is 4. The van der Waals surface area contributed by atoms with E-state index in [1.165, 1.54) is 11.3 Å². The number of aliphatic carboxylic acids is 1. The Morgan fingerprint density at radius 1 is 1.14 bits per heavy atom. The first kappa shape index (κ1) is 26.3. The number of hydrogen-bond acceptors (Lipinski definition) is 6. The smallest absolute Gasteiger partial charge is 0.475 e. The van der Waals surface area contributed by atoms with Gasteiger partial charge in [0.25, 0.3) is 5.56 Å². The molecule has 0 spiro atoms. The Kier molecular flexibility index (Phi) is 7.35. The summed E-state index contributed by atoms with van der Waals surface area (Å²) in [6.45, 7) is 0.722. The van der Waals surface area contributed by atoms with Crippen molar-refractivity contribution in [2.75, 3.05) is 14.1 Å². The number of rotatable bonds is 4. The molecule has 0 aliphatic carbocycles. The molecular weight excluding hydrogens is 531 g/mol. The predicted molar refractivity (Wildman–Crippen MR) is 136 cm³/mol. The number of carbonyl (C=O) groups is 1. The van der Waals surface area contributed by atoms with Crippen LogP contribution in [0.25, 0.3) is 37.4 Å². The summed E-state index contributed by atoms with van der Waals surface area (Å²) in [5.41, 5.74) is 4.13. The molecule has 0 radical (unpaired) electrons. The van der Waals surface area contributed by atoms with Crippen molar-refractivity contribution in [3.05, 3.63) is 76.1 Å². The van der Waals surface area contributed by atoms with Crippen LogP contribution < -0.4 is 5.56 Å². The van der Waals surface area contributed by atoms with Crippen molar-refractivity contribution in [3.63, 3.8) is 0 Å². The van der Waals surface area contributed by atoms with Crippen LogP contribution in [0.5, 0.6) is 0 Å². The number of imidazole rings is 1. The van der Waals surface area contributed by atoms with Crippen LogP contribution in [0.1, 0.15) is 5.82 Å². The molecule has 0 aliphatic rings. The Hall–Kier alpha value is -3.74. The van der Waals surface area contributed by atoms with Crippen LogP contribution in [0.2, 0.25) is 5.02 Å². The zero-order valence-electron chi connectivity index (χ0n) is 19.4. The number of halogens is 4. The van der Waals surface area contributed by atoms with E-state index in [2.05, 4.69) is 19.9 Å². The second kappa shape index (κ2) is 10.3. The predicted octanol–water partition coefficient (Wildman–Crippen LogP) is 5.34. The lowest BCUT2D eigenvalue weighted by atomic mass is 10.2. The number of carboxylic acid groups (broad SMARTS) is 1. The third kappa shape index (κ3) is 5.98. The molecule has 0 bridgehead atoms. The molecule has 8 nitrogen and oxygen atoms in total. The molecule has 0 saturated heterocycles. The van der Waals surface area contributed by atoms with Crippen molar-refractivity contribution in [1.82, 2.24) is 24.4 Å². The summed E-state index contributed by atoms with van der Waals surface area (Å²) in [7, 11) is 4.00. The number of H-pyrrole nitrogens is 1. The molecule has 5 aromatic rings. The van der Waals surface area contributed by atoms with Crippen molar-refractivity contribution in [3.8, 4) is 16.1 Å². The maximum absolute atomic E-state index is 13.2. The zero-order valence-corrected chi connectivity index (χ0v) is 20.9. The van der Waals surface area contributed by atoms with Gasteiger partial charge in [0.15, 0.2) is 0 Å². The minimum atomic E-state index is -5.08. The first-order valence-electron chi connectivity index (χ1n) is 10.6. The number of fused-ring (bicyclic) bond motifs is 2. The van der Waals surface area contributed by atoms with Gasteiger partial charge in [-0.3, -0.25) is 9.36 Å². The van der Waals surface area contributed by atoms with Gasteiger partial charge in [0.1, 0.15) is 16.9 Å². The van der Waals surface area contributed by atoms with Crippen LogP contribution in [0.15, 0.2) is 59.7 Å². The standard InChI is InChI=1S/C22H18ClN5OS.C2HF3O2/c1-27(2)11-20-25-16-8-7-15(9-17(16)26-20)28-12-24-18-10-19(30-21(18)22(28)29)13-3-5-14(23)6-4-13;3-2(4,5)1(6)7/h3-10,12H,11H2,1-2H3,(H,25,26);(H,6,7). The van der Waals surface area contributed by atoms with Gasteiger partial charge in [-0.05, 0) is 56.1 Å². The Morgan fingerprint density at radius 3 is 2.43 bits per heavy atom. The molecule has 2 aromatic carbocycles. The quantitative estimate of drug-likeness (QED) is 0.314. The summed E-state index contributed by atoms with van der Waals surface area (Å²) in [6, 6.07) is 15.3. The molecule has 192 valence electrons. The number of aromatic nitrogens is 4. The van der Waals surface area contributed by atoms with E-state index in [0.717, 1.165) is 39.5 Å². The fourth-order valence-corrected chi connectivity index (χ4v) is 4.60. The second-order valence-corrected chi connectivity index (χ2v) is 9.67. The molecule has 3 heterocycles. The second-order valence-electron chi connectivity index (χ2n) is 8.18. The van der Waals surface area contributed by atoms with Gasteiger partial charge in [-0.2, -0.15) is 13.2 Å². The summed E-state index contributed by atoms with van der Waals surface area (Å²) in [4.78, 5) is 37.6. The van der Waals surface area contributed by atoms with Gasteiger partial charge in [-0.1, -0.05) is 23.7 Å². The summed E-state index contributed by atoms with van der Waals surface area (Å²) >= 11 is 7.43. The SMILES string of the molecule is CN(C)Cc1nc2cc(-n3cnc4cc(-c5ccc(Cl)cc5)sc4c3=O)ccc2[nH]1.O=C(O)C(F)(F)F. The molecular formula is C24H19ClF3N5O3S. The number of carboxylic acids is 1. The third-order valence-electron chi connectivity index (χ3n) is 5.07. The zero-order chi connectivity index (χ0) is 26.9. The lowest BCUT2D eigenvalue weighted by molar-refractivity contribution is -0.192. The van der Waals surface area contributed by atoms with Crippen molar-refractivity contribution in [2.45, 2.75) is 12.7 Å². The lowest BCUT2D eigenvalue weighted by Gasteiger charge is -2.05. The van der Waals surface area contributed by atoms with E-state index >= 15 is 0 Å². The van der Waals surface area contributed by atoms with Crippen molar-refractivity contribution in [2.24, 2.45) is 0 Å². The largest absolute Gasteiger partial charge is 0.490 e. The highest BCUT2D eigenvalue weighted by Crippen LogP contribution is 2.31. The molecule has 2 N–H and O–H groups in total. The number of hydrogen-bond donors (Lipinski definition) is 2. The maximum Gasteiger partial charge on any atom is 0.490 e.